The molecular formula is C20H24F2N6O3. The maximum Gasteiger partial charge on any atom is 0.333 e. The van der Waals surface area contributed by atoms with Crippen molar-refractivity contribution in [1.82, 2.24) is 24.6 Å². The fourth-order valence-corrected chi connectivity index (χ4v) is 4.91. The lowest BCUT2D eigenvalue weighted by atomic mass is 9.76. The molecule has 2 aromatic heterocycles. The zero-order valence-electron chi connectivity index (χ0n) is 17.0. The van der Waals surface area contributed by atoms with Gasteiger partial charge in [0.15, 0.2) is 5.69 Å². The van der Waals surface area contributed by atoms with Crippen LogP contribution in [-0.4, -0.2) is 69.9 Å². The van der Waals surface area contributed by atoms with Gasteiger partial charge in [-0.15, -0.1) is 0 Å². The smallest absolute Gasteiger partial charge is 0.333 e. The summed E-state index contributed by atoms with van der Waals surface area (Å²) in [4.78, 5) is 36.9. The molecule has 3 aliphatic rings. The zero-order chi connectivity index (χ0) is 21.6. The van der Waals surface area contributed by atoms with Crippen LogP contribution in [0.5, 0.6) is 0 Å². The van der Waals surface area contributed by atoms with Crippen LogP contribution in [0.15, 0.2) is 17.1 Å². The Kier molecular flexibility index (Phi) is 4.99. The molecule has 9 nitrogen and oxygen atoms in total. The van der Waals surface area contributed by atoms with Crippen LogP contribution in [0.3, 0.4) is 0 Å². The molecule has 2 aromatic rings. The van der Waals surface area contributed by atoms with Gasteiger partial charge in [0, 0.05) is 43.4 Å². The summed E-state index contributed by atoms with van der Waals surface area (Å²) in [5, 5.41) is 3.69. The molecule has 1 N–H and O–H groups in total. The maximum absolute atomic E-state index is 12.8. The van der Waals surface area contributed by atoms with Gasteiger partial charge in [0.25, 0.3) is 11.5 Å². The number of anilines is 1. The lowest BCUT2D eigenvalue weighted by Gasteiger charge is -2.39. The van der Waals surface area contributed by atoms with Gasteiger partial charge in [-0.05, 0) is 31.7 Å². The monoisotopic (exact) mass is 434 g/mol. The number of hydrogen-bond donors (Lipinski definition) is 1. The second-order valence-electron chi connectivity index (χ2n) is 8.35. The fraction of sp³-hybridized carbons (Fsp3) is 0.600. The van der Waals surface area contributed by atoms with E-state index in [0.29, 0.717) is 69.3 Å². The molecule has 166 valence electrons. The number of H-pyrrole nitrogens is 1. The first-order valence-electron chi connectivity index (χ1n) is 10.6. The van der Waals surface area contributed by atoms with Crippen molar-refractivity contribution in [2.24, 2.45) is 0 Å². The molecule has 0 bridgehead atoms. The number of ether oxygens (including phenoxy) is 1. The normalized spacial score (nSPS) is 20.5. The number of nitrogens with zero attached hydrogens (tertiary/aromatic N) is 5. The first-order valence-corrected chi connectivity index (χ1v) is 10.6. The lowest BCUT2D eigenvalue weighted by Crippen LogP contribution is -2.45. The Morgan fingerprint density at radius 3 is 2.58 bits per heavy atom. The number of amides is 1. The van der Waals surface area contributed by atoms with Gasteiger partial charge in [-0.2, -0.15) is 13.9 Å². The van der Waals surface area contributed by atoms with E-state index in [1.807, 2.05) is 4.90 Å². The number of aromatic amines is 1. The van der Waals surface area contributed by atoms with Gasteiger partial charge in [0.1, 0.15) is 0 Å². The van der Waals surface area contributed by atoms with E-state index in [0.717, 1.165) is 23.9 Å². The second kappa shape index (κ2) is 7.70. The third-order valence-electron chi connectivity index (χ3n) is 6.70. The highest BCUT2D eigenvalue weighted by molar-refractivity contribution is 5.92. The number of hydrogen-bond acceptors (Lipinski definition) is 6. The highest BCUT2D eigenvalue weighted by Gasteiger charge is 2.45. The predicted octanol–water partition coefficient (Wildman–Crippen LogP) is 1.32. The summed E-state index contributed by atoms with van der Waals surface area (Å²) in [6, 6.07) is 1.32. The minimum atomic E-state index is -2.77. The minimum absolute atomic E-state index is 0.0206. The molecule has 0 saturated carbocycles. The average Bonchev–Trinajstić information content (AvgIpc) is 3.41. The molecule has 11 heteroatoms. The average molecular weight is 434 g/mol. The molecule has 0 unspecified atom stereocenters. The largest absolute Gasteiger partial charge is 0.378 e. The maximum atomic E-state index is 12.8. The molecule has 2 aliphatic heterocycles. The molecule has 2 saturated heterocycles. The number of piperidine rings is 1. The van der Waals surface area contributed by atoms with Crippen molar-refractivity contribution in [3.8, 4) is 0 Å². The second-order valence-corrected chi connectivity index (χ2v) is 8.35. The fourth-order valence-electron chi connectivity index (χ4n) is 4.91. The van der Waals surface area contributed by atoms with Crippen LogP contribution in [0.1, 0.15) is 47.6 Å². The standard InChI is InChI=1S/C20H24F2N6O3/c21-18(22)28-6-2-14(25-28)17(30)26-7-4-20(5-8-26)3-1-13-15(20)23-19(24-16(13)29)27-9-11-31-12-10-27/h2,6,18H,1,3-5,7-12H2,(H,23,24,29). The van der Waals surface area contributed by atoms with E-state index in [9.17, 15) is 18.4 Å². The Morgan fingerprint density at radius 1 is 1.16 bits per heavy atom. The Hall–Kier alpha value is -2.82. The molecule has 0 radical (unpaired) electrons. The molecule has 4 heterocycles. The molecule has 0 aromatic carbocycles. The number of carbonyl (C=O) groups excluding carboxylic acids is 1. The molecule has 31 heavy (non-hydrogen) atoms. The summed E-state index contributed by atoms with van der Waals surface area (Å²) < 4.78 is 31.4. The minimum Gasteiger partial charge on any atom is -0.378 e. The molecule has 0 atom stereocenters. The highest BCUT2D eigenvalue weighted by Crippen LogP contribution is 2.44. The van der Waals surface area contributed by atoms with Crippen molar-refractivity contribution >= 4 is 11.9 Å². The van der Waals surface area contributed by atoms with Crippen molar-refractivity contribution in [3.63, 3.8) is 0 Å². The Labute approximate surface area is 177 Å². The summed E-state index contributed by atoms with van der Waals surface area (Å²) in [5.41, 5.74) is 1.30. The number of fused-ring (bicyclic) bond motifs is 2. The van der Waals surface area contributed by atoms with Crippen molar-refractivity contribution in [1.29, 1.82) is 0 Å². The van der Waals surface area contributed by atoms with Crippen molar-refractivity contribution in [2.75, 3.05) is 44.3 Å². The van der Waals surface area contributed by atoms with E-state index in [4.69, 9.17) is 9.72 Å². The highest BCUT2D eigenvalue weighted by atomic mass is 19.3. The first kappa shape index (κ1) is 20.1. The molecule has 2 fully saturated rings. The SMILES string of the molecule is O=C(c1ccn(C(F)F)n1)N1CCC2(CCc3c2nc(N2CCOCC2)[nH]c3=O)CC1. The third-order valence-corrected chi connectivity index (χ3v) is 6.70. The Bertz CT molecular complexity index is 1040. The Morgan fingerprint density at radius 2 is 1.90 bits per heavy atom. The number of morpholine rings is 1. The van der Waals surface area contributed by atoms with Crippen molar-refractivity contribution in [3.05, 3.63) is 39.6 Å². The number of carbonyl (C=O) groups is 1. The Balaban J connectivity index is 1.35. The van der Waals surface area contributed by atoms with Crippen LogP contribution in [-0.2, 0) is 16.6 Å². The van der Waals surface area contributed by atoms with Gasteiger partial charge >= 0.3 is 6.55 Å². The summed E-state index contributed by atoms with van der Waals surface area (Å²) in [6.45, 7) is 0.743. The van der Waals surface area contributed by atoms with Gasteiger partial charge in [0.05, 0.1) is 18.9 Å². The molecule has 1 spiro atoms. The van der Waals surface area contributed by atoms with E-state index in [-0.39, 0.29) is 22.6 Å². The van der Waals surface area contributed by atoms with Crippen LogP contribution >= 0.6 is 0 Å². The van der Waals surface area contributed by atoms with Crippen LogP contribution in [0.25, 0.3) is 0 Å². The van der Waals surface area contributed by atoms with E-state index in [1.165, 1.54) is 6.07 Å². The van der Waals surface area contributed by atoms with Crippen molar-refractivity contribution < 1.29 is 18.3 Å². The zero-order valence-corrected chi connectivity index (χ0v) is 17.0. The van der Waals surface area contributed by atoms with Gasteiger partial charge in [-0.3, -0.25) is 14.6 Å². The van der Waals surface area contributed by atoms with E-state index in [1.54, 1.807) is 4.90 Å². The number of rotatable bonds is 3. The molecule has 1 amide bonds. The van der Waals surface area contributed by atoms with Gasteiger partial charge < -0.3 is 14.5 Å². The van der Waals surface area contributed by atoms with E-state index in [2.05, 4.69) is 10.1 Å². The summed E-state index contributed by atoms with van der Waals surface area (Å²) in [7, 11) is 0. The van der Waals surface area contributed by atoms with Crippen LogP contribution in [0, 0.1) is 0 Å². The first-order chi connectivity index (χ1) is 15.0. The lowest BCUT2D eigenvalue weighted by molar-refractivity contribution is 0.0541. The predicted molar refractivity (Wildman–Crippen MR) is 107 cm³/mol. The van der Waals surface area contributed by atoms with Crippen LogP contribution < -0.4 is 10.5 Å². The number of aromatic nitrogens is 4. The van der Waals surface area contributed by atoms with Crippen molar-refractivity contribution in [2.45, 2.75) is 37.6 Å². The number of nitrogens with one attached hydrogen (secondary N) is 1. The molecule has 1 aliphatic carbocycles. The van der Waals surface area contributed by atoms with E-state index >= 15 is 0 Å². The topological polar surface area (TPSA) is 96.3 Å². The van der Waals surface area contributed by atoms with Crippen LogP contribution in [0.4, 0.5) is 14.7 Å². The molecule has 5 rings (SSSR count). The van der Waals surface area contributed by atoms with Gasteiger partial charge in [-0.1, -0.05) is 0 Å². The summed E-state index contributed by atoms with van der Waals surface area (Å²) in [5.74, 6) is 0.240. The van der Waals surface area contributed by atoms with E-state index < -0.39 is 6.55 Å². The number of halogens is 2. The molecular weight excluding hydrogens is 410 g/mol. The quantitative estimate of drug-likeness (QED) is 0.783. The third kappa shape index (κ3) is 3.50. The van der Waals surface area contributed by atoms with Gasteiger partial charge in [0.2, 0.25) is 5.95 Å². The summed E-state index contributed by atoms with van der Waals surface area (Å²) >= 11 is 0. The van der Waals surface area contributed by atoms with Crippen LogP contribution in [0.2, 0.25) is 0 Å². The van der Waals surface area contributed by atoms with Gasteiger partial charge in [-0.25, -0.2) is 9.67 Å². The summed E-state index contributed by atoms with van der Waals surface area (Å²) in [6.07, 6.45) is 3.97. The number of alkyl halides is 2. The number of likely N-dealkylation sites (tertiary alicyclic amines) is 1.